The molecule has 0 heterocycles. The Balaban J connectivity index is 1.79. The Morgan fingerprint density at radius 2 is 1.86 bits per heavy atom. The van der Waals surface area contributed by atoms with E-state index in [1.807, 2.05) is 0 Å². The summed E-state index contributed by atoms with van der Waals surface area (Å²) >= 11 is 0. The fourth-order valence-corrected chi connectivity index (χ4v) is 2.75. The van der Waals surface area contributed by atoms with Crippen molar-refractivity contribution in [3.05, 3.63) is 71.8 Å². The van der Waals surface area contributed by atoms with Gasteiger partial charge in [0.2, 0.25) is 0 Å². The lowest BCUT2D eigenvalue weighted by atomic mass is 9.92. The number of rotatable bonds is 3. The van der Waals surface area contributed by atoms with Gasteiger partial charge in [-0.1, -0.05) is 72.6 Å². The molecule has 0 aliphatic heterocycles. The molecule has 106 valence electrons. The van der Waals surface area contributed by atoms with Crippen LogP contribution in [-0.2, 0) is 0 Å². The predicted octanol–water partition coefficient (Wildman–Crippen LogP) is 5.26. The number of hydrogen-bond donors (Lipinski definition) is 0. The Bertz CT molecular complexity index is 615. The SMILES string of the molecule is CC(C#CC(C1=CC=CCC=C1)C1CC1)c1ccccc1. The smallest absolute Gasteiger partial charge is 0.0480 e. The molecule has 2 aliphatic carbocycles. The summed E-state index contributed by atoms with van der Waals surface area (Å²) in [4.78, 5) is 0. The molecular weight excluding hydrogens is 252 g/mol. The Morgan fingerprint density at radius 1 is 1.05 bits per heavy atom. The third kappa shape index (κ3) is 3.76. The molecule has 0 radical (unpaired) electrons. The minimum absolute atomic E-state index is 0.304. The van der Waals surface area contributed by atoms with Gasteiger partial charge in [-0.25, -0.2) is 0 Å². The van der Waals surface area contributed by atoms with Gasteiger partial charge >= 0.3 is 0 Å². The van der Waals surface area contributed by atoms with E-state index in [9.17, 15) is 0 Å². The fraction of sp³-hybridized carbons (Fsp3) is 0.333. The first-order valence-electron chi connectivity index (χ1n) is 7.94. The molecule has 0 bridgehead atoms. The molecule has 1 aromatic carbocycles. The van der Waals surface area contributed by atoms with Crippen LogP contribution < -0.4 is 0 Å². The van der Waals surface area contributed by atoms with Crippen molar-refractivity contribution in [3.8, 4) is 11.8 Å². The van der Waals surface area contributed by atoms with Crippen molar-refractivity contribution < 1.29 is 0 Å². The third-order valence-corrected chi connectivity index (χ3v) is 4.21. The van der Waals surface area contributed by atoms with Gasteiger partial charge in [0.05, 0.1) is 0 Å². The van der Waals surface area contributed by atoms with Crippen LogP contribution in [0.2, 0.25) is 0 Å². The Labute approximate surface area is 128 Å². The molecule has 1 aromatic rings. The molecule has 0 nitrogen and oxygen atoms in total. The van der Waals surface area contributed by atoms with Gasteiger partial charge in [0, 0.05) is 11.8 Å². The Hall–Kier alpha value is -2.00. The highest BCUT2D eigenvalue weighted by Crippen LogP contribution is 2.41. The number of allylic oxidation sites excluding steroid dienone is 6. The summed E-state index contributed by atoms with van der Waals surface area (Å²) in [5.74, 6) is 8.55. The summed E-state index contributed by atoms with van der Waals surface area (Å²) in [6.07, 6.45) is 14.8. The fourth-order valence-electron chi connectivity index (χ4n) is 2.75. The quantitative estimate of drug-likeness (QED) is 0.659. The topological polar surface area (TPSA) is 0 Å². The lowest BCUT2D eigenvalue weighted by Gasteiger charge is -2.11. The largest absolute Gasteiger partial charge is 0.0947 e. The van der Waals surface area contributed by atoms with Crippen LogP contribution in [0.4, 0.5) is 0 Å². The molecule has 21 heavy (non-hydrogen) atoms. The normalized spacial score (nSPS) is 20.0. The maximum Gasteiger partial charge on any atom is 0.0480 e. The zero-order chi connectivity index (χ0) is 14.5. The standard InChI is InChI=1S/C21H22/c1-17(18-9-7-4-8-10-18)13-16-21(20-14-15-20)19-11-5-2-3-6-12-19/h2,4-12,17,20-21H,3,14-15H2,1H3. The molecule has 0 heteroatoms. The second-order valence-electron chi connectivity index (χ2n) is 5.97. The van der Waals surface area contributed by atoms with Gasteiger partial charge in [-0.15, -0.1) is 0 Å². The number of hydrogen-bond acceptors (Lipinski definition) is 0. The summed E-state index contributed by atoms with van der Waals surface area (Å²) in [6, 6.07) is 10.6. The van der Waals surface area contributed by atoms with Crippen LogP contribution in [0.25, 0.3) is 0 Å². The van der Waals surface area contributed by atoms with E-state index < -0.39 is 0 Å². The van der Waals surface area contributed by atoms with Crippen LogP contribution in [0.3, 0.4) is 0 Å². The highest BCUT2D eigenvalue weighted by molar-refractivity contribution is 5.37. The molecule has 3 rings (SSSR count). The van der Waals surface area contributed by atoms with E-state index in [-0.39, 0.29) is 0 Å². The lowest BCUT2D eigenvalue weighted by molar-refractivity contribution is 0.690. The first-order chi connectivity index (χ1) is 10.3. The summed E-state index contributed by atoms with van der Waals surface area (Å²) in [5, 5.41) is 0. The summed E-state index contributed by atoms with van der Waals surface area (Å²) in [6.45, 7) is 2.20. The molecule has 2 unspecified atom stereocenters. The molecule has 2 aliphatic rings. The van der Waals surface area contributed by atoms with E-state index in [2.05, 4.69) is 79.5 Å². The highest BCUT2D eigenvalue weighted by Gasteiger charge is 2.31. The second kappa shape index (κ2) is 6.64. The van der Waals surface area contributed by atoms with Crippen molar-refractivity contribution in [2.75, 3.05) is 0 Å². The first kappa shape index (κ1) is 14.0. The van der Waals surface area contributed by atoms with Gasteiger partial charge in [0.1, 0.15) is 0 Å². The van der Waals surface area contributed by atoms with Crippen LogP contribution >= 0.6 is 0 Å². The monoisotopic (exact) mass is 274 g/mol. The zero-order valence-electron chi connectivity index (χ0n) is 12.6. The van der Waals surface area contributed by atoms with Crippen LogP contribution in [0.15, 0.2) is 66.3 Å². The van der Waals surface area contributed by atoms with Gasteiger partial charge in [-0.3, -0.25) is 0 Å². The summed E-state index contributed by atoms with van der Waals surface area (Å²) in [5.41, 5.74) is 2.70. The summed E-state index contributed by atoms with van der Waals surface area (Å²) in [7, 11) is 0. The van der Waals surface area contributed by atoms with E-state index in [0.29, 0.717) is 11.8 Å². The minimum Gasteiger partial charge on any atom is -0.0947 e. The van der Waals surface area contributed by atoms with Crippen molar-refractivity contribution in [2.24, 2.45) is 11.8 Å². The molecule has 0 amide bonds. The molecule has 1 saturated carbocycles. The van der Waals surface area contributed by atoms with Gasteiger partial charge in [-0.05, 0) is 43.2 Å². The molecule has 2 atom stereocenters. The Kier molecular flexibility index (Phi) is 4.41. The van der Waals surface area contributed by atoms with E-state index in [1.54, 1.807) is 0 Å². The van der Waals surface area contributed by atoms with E-state index in [1.165, 1.54) is 24.0 Å². The predicted molar refractivity (Wildman–Crippen MR) is 89.8 cm³/mol. The molecule has 0 aromatic heterocycles. The zero-order valence-corrected chi connectivity index (χ0v) is 12.6. The second-order valence-corrected chi connectivity index (χ2v) is 5.97. The average molecular weight is 274 g/mol. The minimum atomic E-state index is 0.304. The molecular formula is C21H22. The summed E-state index contributed by atoms with van der Waals surface area (Å²) < 4.78 is 0. The van der Waals surface area contributed by atoms with E-state index in [4.69, 9.17) is 0 Å². The van der Waals surface area contributed by atoms with Crippen LogP contribution in [0.5, 0.6) is 0 Å². The van der Waals surface area contributed by atoms with Crippen LogP contribution in [0, 0.1) is 23.7 Å². The van der Waals surface area contributed by atoms with Gasteiger partial charge in [-0.2, -0.15) is 0 Å². The molecule has 0 N–H and O–H groups in total. The Morgan fingerprint density at radius 3 is 2.62 bits per heavy atom. The van der Waals surface area contributed by atoms with Gasteiger partial charge in [0.15, 0.2) is 0 Å². The van der Waals surface area contributed by atoms with Crippen LogP contribution in [-0.4, -0.2) is 0 Å². The highest BCUT2D eigenvalue weighted by atomic mass is 14.3. The van der Waals surface area contributed by atoms with Crippen LogP contribution in [0.1, 0.15) is 37.7 Å². The van der Waals surface area contributed by atoms with Crippen molar-refractivity contribution in [3.63, 3.8) is 0 Å². The van der Waals surface area contributed by atoms with Crippen molar-refractivity contribution >= 4 is 0 Å². The van der Waals surface area contributed by atoms with E-state index in [0.717, 1.165) is 12.3 Å². The van der Waals surface area contributed by atoms with Crippen molar-refractivity contribution in [1.29, 1.82) is 0 Å². The number of benzene rings is 1. The first-order valence-corrected chi connectivity index (χ1v) is 7.94. The third-order valence-electron chi connectivity index (χ3n) is 4.21. The molecule has 0 saturated heterocycles. The maximum atomic E-state index is 3.57. The average Bonchev–Trinajstić information content (AvgIpc) is 3.36. The molecule has 1 fully saturated rings. The van der Waals surface area contributed by atoms with E-state index >= 15 is 0 Å². The van der Waals surface area contributed by atoms with Gasteiger partial charge in [0.25, 0.3) is 0 Å². The molecule has 0 spiro atoms. The lowest BCUT2D eigenvalue weighted by Crippen LogP contribution is -2.03. The van der Waals surface area contributed by atoms with Gasteiger partial charge < -0.3 is 0 Å². The van der Waals surface area contributed by atoms with Crippen molar-refractivity contribution in [2.45, 2.75) is 32.1 Å². The van der Waals surface area contributed by atoms with Crippen molar-refractivity contribution in [1.82, 2.24) is 0 Å². The maximum absolute atomic E-state index is 3.57.